The lowest BCUT2D eigenvalue weighted by Crippen LogP contribution is -2.20. The van der Waals surface area contributed by atoms with Crippen LogP contribution in [-0.2, 0) is 26.2 Å². The van der Waals surface area contributed by atoms with Crippen LogP contribution in [0.5, 0.6) is 0 Å². The molecule has 0 aliphatic carbocycles. The Hall–Kier alpha value is -6.65. The van der Waals surface area contributed by atoms with E-state index in [-0.39, 0.29) is 36.1 Å². The van der Waals surface area contributed by atoms with Crippen LogP contribution in [0.25, 0.3) is 22.2 Å². The van der Waals surface area contributed by atoms with Gasteiger partial charge in [0.25, 0.3) is 11.8 Å². The van der Waals surface area contributed by atoms with Crippen molar-refractivity contribution in [2.45, 2.75) is 53.9 Å². The van der Waals surface area contributed by atoms with Crippen molar-refractivity contribution in [2.24, 2.45) is 11.5 Å². The van der Waals surface area contributed by atoms with E-state index in [9.17, 15) is 19.2 Å². The van der Waals surface area contributed by atoms with Gasteiger partial charge in [0.15, 0.2) is 5.65 Å². The Morgan fingerprint density at radius 1 is 0.720 bits per heavy atom. The van der Waals surface area contributed by atoms with Crippen LogP contribution in [0.3, 0.4) is 0 Å². The summed E-state index contributed by atoms with van der Waals surface area (Å²) in [5.41, 5.74) is 15.5. The maximum Gasteiger partial charge on any atom is 0.276 e. The van der Waals surface area contributed by atoms with Gasteiger partial charge < -0.3 is 16.0 Å². The molecule has 1 aromatic carbocycles. The van der Waals surface area contributed by atoms with Crippen LogP contribution in [0.4, 0.5) is 11.9 Å². The number of hydrogen-bond donors (Lipinski definition) is 4. The van der Waals surface area contributed by atoms with Gasteiger partial charge in [0.05, 0.1) is 28.0 Å². The molecule has 0 saturated carbocycles. The molecule has 0 saturated heterocycles. The molecule has 50 heavy (non-hydrogen) atoms. The molecule has 17 nitrogen and oxygen atoms in total. The van der Waals surface area contributed by atoms with Crippen LogP contribution in [0.1, 0.15) is 66.9 Å². The lowest BCUT2D eigenvalue weighted by atomic mass is 10.2. The third-order valence-electron chi connectivity index (χ3n) is 7.96. The maximum absolute atomic E-state index is 13.4. The summed E-state index contributed by atoms with van der Waals surface area (Å²) < 4.78 is 6.67. The van der Waals surface area contributed by atoms with E-state index >= 15 is 0 Å². The van der Waals surface area contributed by atoms with Crippen LogP contribution in [0.2, 0.25) is 0 Å². The molecule has 0 spiro atoms. The maximum atomic E-state index is 13.4. The monoisotopic (exact) mass is 677 g/mol. The van der Waals surface area contributed by atoms with E-state index < -0.39 is 23.6 Å². The first-order chi connectivity index (χ1) is 24.0. The Labute approximate surface area is 285 Å². The van der Waals surface area contributed by atoms with E-state index in [0.29, 0.717) is 58.1 Å². The Bertz CT molecular complexity index is 2180. The van der Waals surface area contributed by atoms with Gasteiger partial charge in [-0.15, -0.1) is 0 Å². The fraction of sp³-hybridized carbons (Fsp3) is 0.242. The Kier molecular flexibility index (Phi) is 8.95. The van der Waals surface area contributed by atoms with E-state index in [1.54, 1.807) is 55.8 Å². The van der Waals surface area contributed by atoms with Crippen molar-refractivity contribution in [2.75, 3.05) is 10.6 Å². The van der Waals surface area contributed by atoms with Crippen molar-refractivity contribution >= 4 is 57.7 Å². The summed E-state index contributed by atoms with van der Waals surface area (Å²) in [4.78, 5) is 64.0. The van der Waals surface area contributed by atoms with Gasteiger partial charge in [-0.05, 0) is 64.1 Å². The first-order valence-corrected chi connectivity index (χ1v) is 15.8. The van der Waals surface area contributed by atoms with Crippen molar-refractivity contribution in [3.63, 3.8) is 0 Å². The lowest BCUT2D eigenvalue weighted by Gasteiger charge is -2.10. The average molecular weight is 678 g/mol. The van der Waals surface area contributed by atoms with Gasteiger partial charge >= 0.3 is 0 Å². The third kappa shape index (κ3) is 6.43. The topological polar surface area (TPSA) is 229 Å². The molecule has 0 aliphatic heterocycles. The number of rotatable bonds is 12. The van der Waals surface area contributed by atoms with Crippen molar-refractivity contribution in [3.05, 3.63) is 88.6 Å². The number of nitrogens with one attached hydrogen (secondary N) is 2. The van der Waals surface area contributed by atoms with Crippen molar-refractivity contribution in [1.29, 1.82) is 0 Å². The molecular weight excluding hydrogens is 642 g/mol. The molecule has 0 radical (unpaired) electrons. The molecule has 17 heteroatoms. The molecule has 0 atom stereocenters. The number of carbonyl (C=O) groups is 4. The highest BCUT2D eigenvalue weighted by Gasteiger charge is 2.21. The van der Waals surface area contributed by atoms with Gasteiger partial charge in [-0.3, -0.25) is 43.7 Å². The Morgan fingerprint density at radius 3 is 1.80 bits per heavy atom. The number of allylic oxidation sites excluding steroid dienone is 2. The zero-order chi connectivity index (χ0) is 35.7. The van der Waals surface area contributed by atoms with Crippen LogP contribution in [0, 0.1) is 13.8 Å². The molecule has 5 heterocycles. The minimum absolute atomic E-state index is 0.174. The largest absolute Gasteiger partial charge is 0.366 e. The summed E-state index contributed by atoms with van der Waals surface area (Å²) in [6, 6.07) is 9.77. The number of nitrogens with two attached hydrogens (primary N) is 2. The number of hydrogen-bond acceptors (Lipinski definition) is 9. The number of amides is 4. The van der Waals surface area contributed by atoms with Gasteiger partial charge in [0, 0.05) is 37.9 Å². The standard InChI is InChI=1S/C33H35N13O4/c1-5-45-25(13-18(3)41-45)30(49)39-32-37-22-15-20(27(34)47)9-10-24(22)43(32)11-7-8-12-44-29-23(16-21(17-36-29)28(35)48)38-33(44)40-31(50)26-14-19(4)42-46(26)6-2/h7-10,13-17H,5-6,11-12H2,1-4H3,(H2,34,47)(H2,35,48)(H,37,39,49)(H,38,40,50). The first kappa shape index (κ1) is 33.3. The number of pyridine rings is 1. The second-order valence-electron chi connectivity index (χ2n) is 11.4. The smallest absolute Gasteiger partial charge is 0.276 e. The van der Waals surface area contributed by atoms with Gasteiger partial charge in [-0.25, -0.2) is 15.0 Å². The highest BCUT2D eigenvalue weighted by atomic mass is 16.2. The SMILES string of the molecule is CCn1nc(C)cc1C(=O)Nc1nc2cc(C(N)=O)ccc2n1CC=CCn1c(NC(=O)c2cc(C)nn2CC)nc2cc(C(N)=O)cnc21. The van der Waals surface area contributed by atoms with Crippen LogP contribution in [-0.4, -0.2) is 67.3 Å². The summed E-state index contributed by atoms with van der Waals surface area (Å²) in [5, 5.41) is 14.5. The molecular formula is C33H35N13O4. The number of carbonyl (C=O) groups excluding carboxylic acids is 4. The molecule has 256 valence electrons. The zero-order valence-corrected chi connectivity index (χ0v) is 27.8. The molecule has 0 unspecified atom stereocenters. The minimum Gasteiger partial charge on any atom is -0.366 e. The predicted molar refractivity (Wildman–Crippen MR) is 185 cm³/mol. The van der Waals surface area contributed by atoms with Crippen molar-refractivity contribution in [3.8, 4) is 0 Å². The van der Waals surface area contributed by atoms with Crippen LogP contribution < -0.4 is 22.1 Å². The molecule has 5 aromatic heterocycles. The number of anilines is 2. The number of nitrogens with zero attached hydrogens (tertiary/aromatic N) is 9. The van der Waals surface area contributed by atoms with Gasteiger partial charge in [-0.2, -0.15) is 10.2 Å². The van der Waals surface area contributed by atoms with Gasteiger partial charge in [0.2, 0.25) is 23.7 Å². The molecule has 0 bridgehead atoms. The molecule has 4 amide bonds. The first-order valence-electron chi connectivity index (χ1n) is 15.8. The number of aryl methyl sites for hydroxylation is 4. The lowest BCUT2D eigenvalue weighted by molar-refractivity contribution is 0.0992. The van der Waals surface area contributed by atoms with Gasteiger partial charge in [0.1, 0.15) is 16.9 Å². The van der Waals surface area contributed by atoms with E-state index in [0.717, 1.165) is 0 Å². The quantitative estimate of drug-likeness (QED) is 0.139. The predicted octanol–water partition coefficient (Wildman–Crippen LogP) is 2.79. The normalized spacial score (nSPS) is 11.5. The van der Waals surface area contributed by atoms with E-state index in [1.165, 1.54) is 12.3 Å². The van der Waals surface area contributed by atoms with Crippen molar-refractivity contribution < 1.29 is 19.2 Å². The molecule has 0 fully saturated rings. The summed E-state index contributed by atoms with van der Waals surface area (Å²) >= 11 is 0. The fourth-order valence-electron chi connectivity index (χ4n) is 5.61. The molecule has 6 N–H and O–H groups in total. The summed E-state index contributed by atoms with van der Waals surface area (Å²) in [5.74, 6) is -1.61. The molecule has 6 rings (SSSR count). The Morgan fingerprint density at radius 2 is 1.24 bits per heavy atom. The highest BCUT2D eigenvalue weighted by molar-refractivity contribution is 6.04. The second-order valence-corrected chi connectivity index (χ2v) is 11.4. The number of primary amides is 2. The van der Waals surface area contributed by atoms with Crippen LogP contribution in [0.15, 0.2) is 54.7 Å². The van der Waals surface area contributed by atoms with Crippen LogP contribution >= 0.6 is 0 Å². The fourth-order valence-corrected chi connectivity index (χ4v) is 5.61. The number of aromatic nitrogens is 9. The zero-order valence-electron chi connectivity index (χ0n) is 27.8. The van der Waals surface area contributed by atoms with E-state index in [1.807, 2.05) is 32.9 Å². The van der Waals surface area contributed by atoms with E-state index in [4.69, 9.17) is 11.5 Å². The second kappa shape index (κ2) is 13.5. The number of benzene rings is 1. The molecule has 6 aromatic rings. The van der Waals surface area contributed by atoms with Gasteiger partial charge in [-0.1, -0.05) is 12.2 Å². The highest BCUT2D eigenvalue weighted by Crippen LogP contribution is 2.23. The summed E-state index contributed by atoms with van der Waals surface area (Å²) in [7, 11) is 0. The number of fused-ring (bicyclic) bond motifs is 2. The number of imidazole rings is 2. The van der Waals surface area contributed by atoms with Crippen molar-refractivity contribution in [1.82, 2.24) is 43.6 Å². The summed E-state index contributed by atoms with van der Waals surface area (Å²) in [6.07, 6.45) is 5.04. The minimum atomic E-state index is -0.658. The van der Waals surface area contributed by atoms with E-state index in [2.05, 4.69) is 35.8 Å². The summed E-state index contributed by atoms with van der Waals surface area (Å²) in [6.45, 7) is 8.87. The Balaban J connectivity index is 1.32. The average Bonchev–Trinajstić information content (AvgIpc) is 3.84. The molecule has 0 aliphatic rings. The third-order valence-corrected chi connectivity index (χ3v) is 7.96.